The number of carbonyl (C=O) groups excluding carboxylic acids is 1. The lowest BCUT2D eigenvalue weighted by atomic mass is 9.96. The monoisotopic (exact) mass is 470 g/mol. The highest BCUT2D eigenvalue weighted by Gasteiger charge is 2.41. The Bertz CT molecular complexity index is 947. The van der Waals surface area contributed by atoms with E-state index in [1.807, 2.05) is 6.92 Å². The van der Waals surface area contributed by atoms with E-state index >= 15 is 4.39 Å². The number of likely N-dealkylation sites (N-methyl/N-ethyl adjacent to an activating group) is 2. The van der Waals surface area contributed by atoms with Crippen molar-refractivity contribution in [1.82, 2.24) is 14.7 Å². The van der Waals surface area contributed by atoms with Gasteiger partial charge in [-0.3, -0.25) is 4.79 Å². The van der Waals surface area contributed by atoms with E-state index in [-0.39, 0.29) is 29.6 Å². The SMILES string of the molecule is CCN(C1=C(N)C(c2ccc(C(=O)N3CCO[C@@H](C)C3)c(F)c2)N(C)C=C1)C(C)C(F)(F)F. The number of nitrogens with zero attached hydrogens (tertiary/aromatic N) is 3. The van der Waals surface area contributed by atoms with Crippen LogP contribution in [0.15, 0.2) is 41.9 Å². The lowest BCUT2D eigenvalue weighted by Gasteiger charge is -2.39. The van der Waals surface area contributed by atoms with Crippen LogP contribution in [0, 0.1) is 5.82 Å². The summed E-state index contributed by atoms with van der Waals surface area (Å²) in [6.07, 6.45) is -1.41. The van der Waals surface area contributed by atoms with Crippen molar-refractivity contribution < 1.29 is 27.1 Å². The molecule has 0 saturated carbocycles. The van der Waals surface area contributed by atoms with Gasteiger partial charge < -0.3 is 25.2 Å². The lowest BCUT2D eigenvalue weighted by Crippen LogP contribution is -2.45. The summed E-state index contributed by atoms with van der Waals surface area (Å²) in [5.74, 6) is -1.13. The van der Waals surface area contributed by atoms with Crippen LogP contribution in [0.5, 0.6) is 0 Å². The van der Waals surface area contributed by atoms with Gasteiger partial charge in [0.1, 0.15) is 11.9 Å². The van der Waals surface area contributed by atoms with Gasteiger partial charge in [0, 0.05) is 32.9 Å². The predicted octanol–water partition coefficient (Wildman–Crippen LogP) is 3.63. The standard InChI is InChI=1S/C23H30F4N4O2/c1-5-31(15(3)23(25,26)27)19-8-9-29(4)21(20(19)28)16-6-7-17(18(24)12-16)22(32)30-10-11-33-14(2)13-30/h6-9,12,14-15,21H,5,10-11,13,28H2,1-4H3/t14-,15?,21?/m0/s1. The average molecular weight is 471 g/mol. The van der Waals surface area contributed by atoms with Crippen molar-refractivity contribution in [1.29, 1.82) is 0 Å². The molecule has 3 rings (SSSR count). The van der Waals surface area contributed by atoms with Crippen LogP contribution < -0.4 is 5.73 Å². The molecule has 0 bridgehead atoms. The molecule has 2 aliphatic rings. The van der Waals surface area contributed by atoms with E-state index in [1.165, 1.54) is 23.1 Å². The predicted molar refractivity (Wildman–Crippen MR) is 116 cm³/mol. The van der Waals surface area contributed by atoms with Crippen LogP contribution in [0.1, 0.15) is 42.7 Å². The van der Waals surface area contributed by atoms with Gasteiger partial charge >= 0.3 is 6.18 Å². The average Bonchev–Trinajstić information content (AvgIpc) is 2.74. The summed E-state index contributed by atoms with van der Waals surface area (Å²) < 4.78 is 60.6. The fourth-order valence-corrected chi connectivity index (χ4v) is 4.28. The van der Waals surface area contributed by atoms with Crippen molar-refractivity contribution in [2.45, 2.75) is 45.1 Å². The Hall–Kier alpha value is -2.75. The van der Waals surface area contributed by atoms with Gasteiger partial charge in [0.05, 0.1) is 35.7 Å². The van der Waals surface area contributed by atoms with Gasteiger partial charge in [-0.05, 0) is 44.5 Å². The Kier molecular flexibility index (Phi) is 7.26. The quantitative estimate of drug-likeness (QED) is 0.666. The molecule has 1 amide bonds. The first kappa shape index (κ1) is 24.9. The van der Waals surface area contributed by atoms with Crippen LogP contribution in [0.3, 0.4) is 0 Å². The van der Waals surface area contributed by atoms with E-state index in [2.05, 4.69) is 0 Å². The fraction of sp³-hybridized carbons (Fsp3) is 0.522. The van der Waals surface area contributed by atoms with E-state index in [0.29, 0.717) is 25.3 Å². The van der Waals surface area contributed by atoms with Gasteiger partial charge in [-0.1, -0.05) is 6.07 Å². The first-order chi connectivity index (χ1) is 15.5. The van der Waals surface area contributed by atoms with Crippen LogP contribution in [0.25, 0.3) is 0 Å². The lowest BCUT2D eigenvalue weighted by molar-refractivity contribution is -0.173. The third kappa shape index (κ3) is 5.10. The number of halogens is 4. The first-order valence-corrected chi connectivity index (χ1v) is 10.9. The molecule has 182 valence electrons. The molecule has 33 heavy (non-hydrogen) atoms. The molecule has 2 aliphatic heterocycles. The molecule has 0 spiro atoms. The van der Waals surface area contributed by atoms with E-state index in [9.17, 15) is 18.0 Å². The number of amides is 1. The Labute approximate surface area is 191 Å². The van der Waals surface area contributed by atoms with E-state index in [4.69, 9.17) is 10.5 Å². The summed E-state index contributed by atoms with van der Waals surface area (Å²) in [6.45, 7) is 5.78. The number of ether oxygens (including phenoxy) is 1. The fourth-order valence-electron chi connectivity index (χ4n) is 4.28. The van der Waals surface area contributed by atoms with E-state index < -0.39 is 30.0 Å². The number of hydrogen-bond donors (Lipinski definition) is 1. The molecule has 2 heterocycles. The van der Waals surface area contributed by atoms with Crippen LogP contribution in [-0.2, 0) is 4.74 Å². The van der Waals surface area contributed by atoms with Crippen LogP contribution in [0.2, 0.25) is 0 Å². The van der Waals surface area contributed by atoms with Crippen molar-refractivity contribution in [3.8, 4) is 0 Å². The third-order valence-corrected chi connectivity index (χ3v) is 6.12. The van der Waals surface area contributed by atoms with Gasteiger partial charge in [-0.15, -0.1) is 0 Å². The zero-order valence-corrected chi connectivity index (χ0v) is 19.2. The molecule has 1 saturated heterocycles. The number of benzene rings is 1. The number of allylic oxidation sites excluding steroid dienone is 1. The molecule has 1 aromatic carbocycles. The van der Waals surface area contributed by atoms with Gasteiger partial charge in [0.2, 0.25) is 0 Å². The summed E-state index contributed by atoms with van der Waals surface area (Å²) in [4.78, 5) is 17.2. The van der Waals surface area contributed by atoms with Gasteiger partial charge in [-0.25, -0.2) is 4.39 Å². The van der Waals surface area contributed by atoms with Crippen molar-refractivity contribution in [3.63, 3.8) is 0 Å². The second-order valence-corrected chi connectivity index (χ2v) is 8.40. The number of rotatable bonds is 5. The van der Waals surface area contributed by atoms with Crippen molar-refractivity contribution in [3.05, 3.63) is 58.8 Å². The maximum absolute atomic E-state index is 15.0. The van der Waals surface area contributed by atoms with Crippen molar-refractivity contribution in [2.75, 3.05) is 33.3 Å². The zero-order chi connectivity index (χ0) is 24.5. The molecular formula is C23H30F4N4O2. The molecule has 1 aromatic rings. The highest BCUT2D eigenvalue weighted by Crippen LogP contribution is 2.35. The first-order valence-electron chi connectivity index (χ1n) is 10.9. The molecule has 2 unspecified atom stereocenters. The van der Waals surface area contributed by atoms with Crippen molar-refractivity contribution in [2.24, 2.45) is 5.73 Å². The summed E-state index contributed by atoms with van der Waals surface area (Å²) >= 11 is 0. The topological polar surface area (TPSA) is 62.0 Å². The Balaban J connectivity index is 1.92. The molecule has 3 atom stereocenters. The summed E-state index contributed by atoms with van der Waals surface area (Å²) in [5.41, 5.74) is 7.15. The Morgan fingerprint density at radius 1 is 1.36 bits per heavy atom. The highest BCUT2D eigenvalue weighted by molar-refractivity contribution is 5.94. The second kappa shape index (κ2) is 9.62. The minimum absolute atomic E-state index is 0.0643. The molecule has 10 heteroatoms. The number of morpholine rings is 1. The zero-order valence-electron chi connectivity index (χ0n) is 19.2. The number of hydrogen-bond acceptors (Lipinski definition) is 5. The van der Waals surface area contributed by atoms with Crippen LogP contribution >= 0.6 is 0 Å². The minimum atomic E-state index is -4.43. The van der Waals surface area contributed by atoms with Crippen LogP contribution in [-0.4, -0.2) is 72.2 Å². The third-order valence-electron chi connectivity index (χ3n) is 6.12. The summed E-state index contributed by atoms with van der Waals surface area (Å²) in [7, 11) is 1.71. The van der Waals surface area contributed by atoms with Gasteiger partial charge in [0.15, 0.2) is 0 Å². The summed E-state index contributed by atoms with van der Waals surface area (Å²) in [6, 6.07) is 1.81. The molecular weight excluding hydrogens is 440 g/mol. The van der Waals surface area contributed by atoms with Crippen molar-refractivity contribution >= 4 is 5.91 Å². The van der Waals surface area contributed by atoms with Gasteiger partial charge in [-0.2, -0.15) is 13.2 Å². The maximum atomic E-state index is 15.0. The second-order valence-electron chi connectivity index (χ2n) is 8.40. The van der Waals surface area contributed by atoms with E-state index in [1.54, 1.807) is 36.0 Å². The molecule has 0 radical (unpaired) electrons. The number of nitrogens with two attached hydrogens (primary N) is 1. The van der Waals surface area contributed by atoms with Gasteiger partial charge in [0.25, 0.3) is 5.91 Å². The largest absolute Gasteiger partial charge is 0.408 e. The molecule has 1 fully saturated rings. The molecule has 6 nitrogen and oxygen atoms in total. The Morgan fingerprint density at radius 3 is 2.64 bits per heavy atom. The molecule has 2 N–H and O–H groups in total. The van der Waals surface area contributed by atoms with Crippen LogP contribution in [0.4, 0.5) is 17.6 Å². The molecule has 0 aliphatic carbocycles. The van der Waals surface area contributed by atoms with E-state index in [0.717, 1.165) is 6.92 Å². The summed E-state index contributed by atoms with van der Waals surface area (Å²) in [5, 5.41) is 0. The minimum Gasteiger partial charge on any atom is -0.398 e. The smallest absolute Gasteiger partial charge is 0.398 e. The number of carbonyl (C=O) groups is 1. The number of alkyl halides is 3. The normalized spacial score (nSPS) is 22.5. The molecule has 0 aromatic heterocycles. The highest BCUT2D eigenvalue weighted by atomic mass is 19.4. The Morgan fingerprint density at radius 2 is 2.06 bits per heavy atom. The maximum Gasteiger partial charge on any atom is 0.408 e.